The number of piperazine rings is 1. The van der Waals surface area contributed by atoms with Gasteiger partial charge in [-0.1, -0.05) is 0 Å². The number of hydrogen-bond acceptors (Lipinski definition) is 6. The fourth-order valence-corrected chi connectivity index (χ4v) is 2.68. The molecule has 0 spiro atoms. The van der Waals surface area contributed by atoms with Gasteiger partial charge in [-0.05, 0) is 31.2 Å². The molecule has 1 fully saturated rings. The Labute approximate surface area is 140 Å². The van der Waals surface area contributed by atoms with Gasteiger partial charge in [0, 0.05) is 37.9 Å². The highest BCUT2D eigenvalue weighted by molar-refractivity contribution is 5.92. The summed E-state index contributed by atoms with van der Waals surface area (Å²) in [6, 6.07) is 8.68. The Morgan fingerprint density at radius 1 is 1.17 bits per heavy atom. The number of phenols is 1. The van der Waals surface area contributed by atoms with E-state index in [1.165, 1.54) is 6.33 Å². The quantitative estimate of drug-likeness (QED) is 0.917. The van der Waals surface area contributed by atoms with E-state index in [0.29, 0.717) is 31.3 Å². The first-order chi connectivity index (χ1) is 11.7. The van der Waals surface area contributed by atoms with Gasteiger partial charge < -0.3 is 19.6 Å². The molecule has 1 saturated heterocycles. The first-order valence-corrected chi connectivity index (χ1v) is 7.95. The lowest BCUT2D eigenvalue weighted by Gasteiger charge is -2.36. The smallest absolute Gasteiger partial charge is 0.272 e. The zero-order valence-electron chi connectivity index (χ0n) is 13.6. The van der Waals surface area contributed by atoms with E-state index >= 15 is 0 Å². The van der Waals surface area contributed by atoms with Crippen LogP contribution in [0.1, 0.15) is 17.4 Å². The molecule has 1 aromatic heterocycles. The molecular weight excluding hydrogens is 308 g/mol. The molecule has 3 rings (SSSR count). The summed E-state index contributed by atoms with van der Waals surface area (Å²) in [4.78, 5) is 24.6. The van der Waals surface area contributed by atoms with Crippen molar-refractivity contribution in [2.24, 2.45) is 0 Å². The van der Waals surface area contributed by atoms with Crippen LogP contribution in [0.2, 0.25) is 0 Å². The van der Waals surface area contributed by atoms with Crippen LogP contribution in [-0.2, 0) is 0 Å². The van der Waals surface area contributed by atoms with E-state index in [4.69, 9.17) is 4.74 Å². The van der Waals surface area contributed by atoms with Crippen molar-refractivity contribution in [1.82, 2.24) is 14.9 Å². The molecule has 1 aliphatic rings. The molecule has 7 heteroatoms. The monoisotopic (exact) mass is 328 g/mol. The van der Waals surface area contributed by atoms with E-state index in [1.54, 1.807) is 23.1 Å². The van der Waals surface area contributed by atoms with Gasteiger partial charge in [-0.25, -0.2) is 9.97 Å². The maximum atomic E-state index is 12.6. The topological polar surface area (TPSA) is 78.8 Å². The molecule has 0 bridgehead atoms. The Balaban J connectivity index is 1.62. The Morgan fingerprint density at radius 3 is 2.54 bits per heavy atom. The molecule has 0 saturated carbocycles. The van der Waals surface area contributed by atoms with Crippen molar-refractivity contribution in [2.75, 3.05) is 37.7 Å². The number of hydrogen-bond donors (Lipinski definition) is 1. The van der Waals surface area contributed by atoms with Crippen molar-refractivity contribution in [3.63, 3.8) is 0 Å². The van der Waals surface area contributed by atoms with Crippen LogP contribution in [-0.4, -0.2) is 58.7 Å². The van der Waals surface area contributed by atoms with Gasteiger partial charge in [-0.15, -0.1) is 0 Å². The van der Waals surface area contributed by atoms with Crippen molar-refractivity contribution < 1.29 is 14.6 Å². The molecule has 0 atom stereocenters. The largest absolute Gasteiger partial charge is 0.508 e. The van der Waals surface area contributed by atoms with Crippen LogP contribution in [0, 0.1) is 0 Å². The second-order valence-corrected chi connectivity index (χ2v) is 5.47. The predicted octanol–water partition coefficient (Wildman–Crippen LogP) is 1.54. The Hall–Kier alpha value is -2.83. The highest BCUT2D eigenvalue weighted by Crippen LogP contribution is 2.20. The van der Waals surface area contributed by atoms with Crippen molar-refractivity contribution in [3.8, 4) is 11.6 Å². The third-order valence-corrected chi connectivity index (χ3v) is 3.94. The molecule has 1 aliphatic heterocycles. The molecule has 2 aromatic rings. The Kier molecular flexibility index (Phi) is 4.79. The van der Waals surface area contributed by atoms with Gasteiger partial charge in [0.15, 0.2) is 0 Å². The summed E-state index contributed by atoms with van der Waals surface area (Å²) in [5, 5.41) is 9.36. The van der Waals surface area contributed by atoms with Gasteiger partial charge in [0.1, 0.15) is 17.8 Å². The average Bonchev–Trinajstić information content (AvgIpc) is 2.62. The van der Waals surface area contributed by atoms with E-state index < -0.39 is 0 Å². The number of ether oxygens (including phenoxy) is 1. The minimum Gasteiger partial charge on any atom is -0.508 e. The standard InChI is InChI=1S/C17H20N4O3/c1-2-24-16-11-15(18-12-19-16)17(23)21-9-7-20(8-10-21)13-3-5-14(22)6-4-13/h3-6,11-12,22H,2,7-10H2,1H3. The maximum absolute atomic E-state index is 12.6. The van der Waals surface area contributed by atoms with Crippen molar-refractivity contribution >= 4 is 11.6 Å². The molecule has 24 heavy (non-hydrogen) atoms. The van der Waals surface area contributed by atoms with Crippen LogP contribution in [0.15, 0.2) is 36.7 Å². The normalized spacial score (nSPS) is 14.5. The van der Waals surface area contributed by atoms with Crippen LogP contribution >= 0.6 is 0 Å². The predicted molar refractivity (Wildman–Crippen MR) is 89.4 cm³/mol. The number of benzene rings is 1. The fraction of sp³-hybridized carbons (Fsp3) is 0.353. The number of aromatic nitrogens is 2. The molecular formula is C17H20N4O3. The Bertz CT molecular complexity index is 697. The minimum absolute atomic E-state index is 0.108. The SMILES string of the molecule is CCOc1cc(C(=O)N2CCN(c3ccc(O)cc3)CC2)ncn1. The molecule has 7 nitrogen and oxygen atoms in total. The number of carbonyl (C=O) groups excluding carboxylic acids is 1. The summed E-state index contributed by atoms with van der Waals surface area (Å²) in [6.45, 7) is 5.07. The molecule has 1 N–H and O–H groups in total. The lowest BCUT2D eigenvalue weighted by molar-refractivity contribution is 0.0740. The summed E-state index contributed by atoms with van der Waals surface area (Å²) < 4.78 is 5.32. The van der Waals surface area contributed by atoms with Crippen LogP contribution in [0.4, 0.5) is 5.69 Å². The molecule has 0 unspecified atom stereocenters. The molecule has 0 radical (unpaired) electrons. The fourth-order valence-electron chi connectivity index (χ4n) is 2.68. The number of phenolic OH excluding ortho intramolecular Hbond substituents is 1. The maximum Gasteiger partial charge on any atom is 0.272 e. The Morgan fingerprint density at radius 2 is 1.88 bits per heavy atom. The van der Waals surface area contributed by atoms with Crippen molar-refractivity contribution in [3.05, 3.63) is 42.4 Å². The summed E-state index contributed by atoms with van der Waals surface area (Å²) in [6.07, 6.45) is 1.35. The van der Waals surface area contributed by atoms with Crippen molar-refractivity contribution in [1.29, 1.82) is 0 Å². The lowest BCUT2D eigenvalue weighted by Crippen LogP contribution is -2.49. The number of rotatable bonds is 4. The summed E-state index contributed by atoms with van der Waals surface area (Å²) in [5.41, 5.74) is 1.40. The zero-order valence-corrected chi connectivity index (χ0v) is 13.6. The van der Waals surface area contributed by atoms with Crippen LogP contribution in [0.5, 0.6) is 11.6 Å². The third kappa shape index (κ3) is 3.56. The average molecular weight is 328 g/mol. The lowest BCUT2D eigenvalue weighted by atomic mass is 10.2. The summed E-state index contributed by atoms with van der Waals surface area (Å²) >= 11 is 0. The number of carbonyl (C=O) groups is 1. The van der Waals surface area contributed by atoms with Crippen LogP contribution in [0.3, 0.4) is 0 Å². The number of nitrogens with zero attached hydrogens (tertiary/aromatic N) is 4. The summed E-state index contributed by atoms with van der Waals surface area (Å²) in [7, 11) is 0. The second kappa shape index (κ2) is 7.16. The van der Waals surface area contributed by atoms with E-state index in [0.717, 1.165) is 18.8 Å². The minimum atomic E-state index is -0.108. The first-order valence-electron chi connectivity index (χ1n) is 7.95. The van der Waals surface area contributed by atoms with Gasteiger partial charge in [0.25, 0.3) is 5.91 Å². The number of amides is 1. The van der Waals surface area contributed by atoms with Crippen molar-refractivity contribution in [2.45, 2.75) is 6.92 Å². The molecule has 1 amide bonds. The second-order valence-electron chi connectivity index (χ2n) is 5.47. The van der Waals surface area contributed by atoms with Gasteiger partial charge in [-0.3, -0.25) is 4.79 Å². The van der Waals surface area contributed by atoms with E-state index in [2.05, 4.69) is 14.9 Å². The zero-order chi connectivity index (χ0) is 16.9. The molecule has 126 valence electrons. The van der Waals surface area contributed by atoms with E-state index in [-0.39, 0.29) is 11.7 Å². The van der Waals surface area contributed by atoms with Gasteiger partial charge in [0.05, 0.1) is 6.61 Å². The van der Waals surface area contributed by atoms with E-state index in [1.807, 2.05) is 19.1 Å². The van der Waals surface area contributed by atoms with Crippen LogP contribution in [0.25, 0.3) is 0 Å². The number of aromatic hydroxyl groups is 1. The van der Waals surface area contributed by atoms with Crippen LogP contribution < -0.4 is 9.64 Å². The van der Waals surface area contributed by atoms with Gasteiger partial charge >= 0.3 is 0 Å². The van der Waals surface area contributed by atoms with Gasteiger partial charge in [0.2, 0.25) is 5.88 Å². The third-order valence-electron chi connectivity index (χ3n) is 3.94. The number of anilines is 1. The molecule has 0 aliphatic carbocycles. The summed E-state index contributed by atoms with van der Waals surface area (Å²) in [5.74, 6) is 0.559. The highest BCUT2D eigenvalue weighted by Gasteiger charge is 2.23. The van der Waals surface area contributed by atoms with Gasteiger partial charge in [-0.2, -0.15) is 0 Å². The molecule has 1 aromatic carbocycles. The first kappa shape index (κ1) is 16.0. The molecule has 2 heterocycles. The van der Waals surface area contributed by atoms with E-state index in [9.17, 15) is 9.90 Å². The highest BCUT2D eigenvalue weighted by atomic mass is 16.5.